The number of carbonyl (C=O) groups is 1. The minimum Gasteiger partial charge on any atom is -0.355 e. The highest BCUT2D eigenvalue weighted by Crippen LogP contribution is 2.29. The van der Waals surface area contributed by atoms with Crippen molar-refractivity contribution in [2.75, 3.05) is 6.54 Å². The van der Waals surface area contributed by atoms with Gasteiger partial charge in [0.15, 0.2) is 0 Å². The van der Waals surface area contributed by atoms with Gasteiger partial charge in [0.2, 0.25) is 11.7 Å². The van der Waals surface area contributed by atoms with Crippen LogP contribution in [0.2, 0.25) is 0 Å². The van der Waals surface area contributed by atoms with E-state index in [1.807, 2.05) is 0 Å². The molecular weight excluding hydrogens is 327 g/mol. The molecule has 0 aliphatic carbocycles. The van der Waals surface area contributed by atoms with Gasteiger partial charge in [0.05, 0.1) is 11.7 Å². The van der Waals surface area contributed by atoms with Crippen LogP contribution in [-0.2, 0) is 17.5 Å². The number of rotatable bonds is 4. The number of aromatic nitrogens is 3. The SMILES string of the molecule is O=C1NCCCC1NCc1ccc(-c2noc(C(F)(F)F)n2)cn1. The van der Waals surface area contributed by atoms with Crippen molar-refractivity contribution in [3.63, 3.8) is 0 Å². The number of halogens is 3. The average molecular weight is 341 g/mol. The highest BCUT2D eigenvalue weighted by molar-refractivity contribution is 5.82. The van der Waals surface area contributed by atoms with Gasteiger partial charge in [-0.1, -0.05) is 5.16 Å². The third-order valence-electron chi connectivity index (χ3n) is 3.57. The number of hydrogen-bond acceptors (Lipinski definition) is 6. The Balaban J connectivity index is 1.63. The minimum atomic E-state index is -4.68. The van der Waals surface area contributed by atoms with Crippen molar-refractivity contribution in [1.82, 2.24) is 25.8 Å². The summed E-state index contributed by atoms with van der Waals surface area (Å²) in [5, 5.41) is 9.17. The lowest BCUT2D eigenvalue weighted by Gasteiger charge is -2.22. The molecule has 128 valence electrons. The van der Waals surface area contributed by atoms with E-state index in [2.05, 4.69) is 30.3 Å². The second kappa shape index (κ2) is 6.56. The molecule has 7 nitrogen and oxygen atoms in total. The average Bonchev–Trinajstić information content (AvgIpc) is 3.05. The van der Waals surface area contributed by atoms with Gasteiger partial charge in [-0.15, -0.1) is 0 Å². The molecule has 10 heteroatoms. The van der Waals surface area contributed by atoms with E-state index in [4.69, 9.17) is 0 Å². The second-order valence-electron chi connectivity index (χ2n) is 5.33. The molecule has 0 radical (unpaired) electrons. The van der Waals surface area contributed by atoms with Gasteiger partial charge >= 0.3 is 12.1 Å². The summed E-state index contributed by atoms with van der Waals surface area (Å²) < 4.78 is 41.5. The van der Waals surface area contributed by atoms with Gasteiger partial charge < -0.3 is 15.2 Å². The molecule has 1 aliphatic rings. The lowest BCUT2D eigenvalue weighted by Crippen LogP contribution is -2.47. The molecule has 0 saturated carbocycles. The molecule has 0 aromatic carbocycles. The Morgan fingerprint density at radius 1 is 1.38 bits per heavy atom. The van der Waals surface area contributed by atoms with E-state index in [1.165, 1.54) is 6.20 Å². The summed E-state index contributed by atoms with van der Waals surface area (Å²) in [5.41, 5.74) is 0.963. The highest BCUT2D eigenvalue weighted by Gasteiger charge is 2.38. The van der Waals surface area contributed by atoms with E-state index >= 15 is 0 Å². The first kappa shape index (κ1) is 16.4. The third-order valence-corrected chi connectivity index (χ3v) is 3.57. The van der Waals surface area contributed by atoms with Gasteiger partial charge in [0, 0.05) is 24.8 Å². The zero-order valence-corrected chi connectivity index (χ0v) is 12.4. The second-order valence-corrected chi connectivity index (χ2v) is 5.33. The molecule has 1 atom stereocenters. The van der Waals surface area contributed by atoms with Gasteiger partial charge in [0.1, 0.15) is 0 Å². The summed E-state index contributed by atoms with van der Waals surface area (Å²) in [5.74, 6) is -1.61. The van der Waals surface area contributed by atoms with E-state index < -0.39 is 12.1 Å². The number of pyridine rings is 1. The first-order chi connectivity index (χ1) is 11.4. The zero-order valence-electron chi connectivity index (χ0n) is 12.4. The van der Waals surface area contributed by atoms with Crippen LogP contribution in [-0.4, -0.2) is 33.6 Å². The van der Waals surface area contributed by atoms with Crippen LogP contribution >= 0.6 is 0 Å². The molecule has 2 aromatic heterocycles. The van der Waals surface area contributed by atoms with Crippen LogP contribution in [0.5, 0.6) is 0 Å². The molecule has 24 heavy (non-hydrogen) atoms. The monoisotopic (exact) mass is 341 g/mol. The van der Waals surface area contributed by atoms with E-state index in [0.29, 0.717) is 24.3 Å². The Bertz CT molecular complexity index is 714. The highest BCUT2D eigenvalue weighted by atomic mass is 19.4. The molecule has 1 saturated heterocycles. The first-order valence-electron chi connectivity index (χ1n) is 7.31. The molecule has 0 spiro atoms. The Labute approximate surface area is 134 Å². The predicted molar refractivity (Wildman–Crippen MR) is 75.4 cm³/mol. The maximum Gasteiger partial charge on any atom is 0.471 e. The van der Waals surface area contributed by atoms with Crippen molar-refractivity contribution in [2.45, 2.75) is 31.6 Å². The number of amides is 1. The van der Waals surface area contributed by atoms with E-state index in [0.717, 1.165) is 12.8 Å². The summed E-state index contributed by atoms with van der Waals surface area (Å²) in [7, 11) is 0. The summed E-state index contributed by atoms with van der Waals surface area (Å²) in [6.45, 7) is 1.06. The lowest BCUT2D eigenvalue weighted by atomic mass is 10.1. The van der Waals surface area contributed by atoms with Crippen LogP contribution in [0.4, 0.5) is 13.2 Å². The lowest BCUT2D eigenvalue weighted by molar-refractivity contribution is -0.159. The van der Waals surface area contributed by atoms with Crippen LogP contribution in [0.25, 0.3) is 11.4 Å². The fourth-order valence-corrected chi connectivity index (χ4v) is 2.31. The van der Waals surface area contributed by atoms with Gasteiger partial charge in [-0.2, -0.15) is 18.2 Å². The Morgan fingerprint density at radius 3 is 2.83 bits per heavy atom. The van der Waals surface area contributed by atoms with Crippen molar-refractivity contribution in [3.05, 3.63) is 29.9 Å². The summed E-state index contributed by atoms with van der Waals surface area (Å²) in [6.07, 6.45) is -1.64. The number of carbonyl (C=O) groups excluding carboxylic acids is 1. The normalized spacial score (nSPS) is 18.5. The molecular formula is C14H14F3N5O2. The van der Waals surface area contributed by atoms with Gasteiger partial charge in [0.25, 0.3) is 0 Å². The van der Waals surface area contributed by atoms with E-state index in [1.54, 1.807) is 12.1 Å². The maximum absolute atomic E-state index is 12.4. The number of hydrogen-bond donors (Lipinski definition) is 2. The van der Waals surface area contributed by atoms with Gasteiger partial charge in [-0.05, 0) is 25.0 Å². The summed E-state index contributed by atoms with van der Waals surface area (Å²) in [4.78, 5) is 19.1. The Morgan fingerprint density at radius 2 is 2.21 bits per heavy atom. The fourth-order valence-electron chi connectivity index (χ4n) is 2.31. The molecule has 3 heterocycles. The molecule has 0 bridgehead atoms. The van der Waals surface area contributed by atoms with Crippen LogP contribution < -0.4 is 10.6 Å². The smallest absolute Gasteiger partial charge is 0.355 e. The molecule has 3 rings (SSSR count). The van der Waals surface area contributed by atoms with E-state index in [9.17, 15) is 18.0 Å². The number of piperidine rings is 1. The van der Waals surface area contributed by atoms with Crippen LogP contribution in [0, 0.1) is 0 Å². The molecule has 1 aliphatic heterocycles. The Kier molecular flexibility index (Phi) is 4.47. The maximum atomic E-state index is 12.4. The van der Waals surface area contributed by atoms with Crippen molar-refractivity contribution in [3.8, 4) is 11.4 Å². The number of nitrogens with one attached hydrogen (secondary N) is 2. The van der Waals surface area contributed by atoms with E-state index in [-0.39, 0.29) is 17.8 Å². The van der Waals surface area contributed by atoms with Crippen molar-refractivity contribution in [2.24, 2.45) is 0 Å². The number of nitrogens with zero attached hydrogens (tertiary/aromatic N) is 3. The quantitative estimate of drug-likeness (QED) is 0.876. The molecule has 2 aromatic rings. The minimum absolute atomic E-state index is 0.0376. The number of alkyl halides is 3. The zero-order chi connectivity index (χ0) is 17.2. The van der Waals surface area contributed by atoms with Gasteiger partial charge in [-0.3, -0.25) is 9.78 Å². The van der Waals surface area contributed by atoms with Crippen LogP contribution in [0.15, 0.2) is 22.9 Å². The summed E-state index contributed by atoms with van der Waals surface area (Å²) >= 11 is 0. The summed E-state index contributed by atoms with van der Waals surface area (Å²) in [6, 6.07) is 2.93. The molecule has 2 N–H and O–H groups in total. The molecule has 1 fully saturated rings. The molecule has 1 amide bonds. The molecule has 1 unspecified atom stereocenters. The van der Waals surface area contributed by atoms with Crippen LogP contribution in [0.3, 0.4) is 0 Å². The standard InChI is InChI=1S/C14H14F3N5O2/c15-14(16,17)13-21-11(22-24-13)8-3-4-9(19-6-8)7-20-10-2-1-5-18-12(10)23/h3-4,6,10,20H,1-2,5,7H2,(H,18,23). The van der Waals surface area contributed by atoms with Crippen molar-refractivity contribution in [1.29, 1.82) is 0 Å². The van der Waals surface area contributed by atoms with Crippen molar-refractivity contribution >= 4 is 5.91 Å². The van der Waals surface area contributed by atoms with Crippen molar-refractivity contribution < 1.29 is 22.5 Å². The topological polar surface area (TPSA) is 92.9 Å². The first-order valence-corrected chi connectivity index (χ1v) is 7.31. The van der Waals surface area contributed by atoms with Crippen LogP contribution in [0.1, 0.15) is 24.4 Å². The Hall–Kier alpha value is -2.49. The fraction of sp³-hybridized carbons (Fsp3) is 0.429. The van der Waals surface area contributed by atoms with Gasteiger partial charge in [-0.25, -0.2) is 0 Å². The third kappa shape index (κ3) is 3.70. The largest absolute Gasteiger partial charge is 0.471 e. The predicted octanol–water partition coefficient (Wildman–Crippen LogP) is 1.52.